The highest BCUT2D eigenvalue weighted by Gasteiger charge is 2.35. The first-order valence-electron chi connectivity index (χ1n) is 7.70. The fraction of sp³-hybridized carbons (Fsp3) is 0.733. The van der Waals surface area contributed by atoms with Crippen LogP contribution in [0.1, 0.15) is 25.7 Å². The monoisotopic (exact) mass is 276 g/mol. The third kappa shape index (κ3) is 3.20. The Labute approximate surface area is 120 Å². The number of likely N-dealkylation sites (tertiary alicyclic amines) is 1. The second-order valence-corrected chi connectivity index (χ2v) is 6.09. The Morgan fingerprint density at radius 1 is 1.35 bits per heavy atom. The molecule has 0 radical (unpaired) electrons. The van der Waals surface area contributed by atoms with Crippen LogP contribution >= 0.6 is 0 Å². The van der Waals surface area contributed by atoms with Crippen molar-refractivity contribution in [3.05, 3.63) is 18.5 Å². The lowest BCUT2D eigenvalue weighted by Gasteiger charge is -2.37. The lowest BCUT2D eigenvalue weighted by molar-refractivity contribution is -0.134. The minimum absolute atomic E-state index is 0.333. The average Bonchev–Trinajstić information content (AvgIpc) is 3.20. The van der Waals surface area contributed by atoms with Gasteiger partial charge in [0.2, 0.25) is 5.91 Å². The highest BCUT2D eigenvalue weighted by atomic mass is 16.2. The van der Waals surface area contributed by atoms with Gasteiger partial charge in [0.15, 0.2) is 0 Å². The molecule has 1 saturated carbocycles. The molecule has 0 bridgehead atoms. The standard InChI is InChI=1S/C15H24N4O/c1-17(15(20)13-5-6-13)14-4-2-8-18(12-14)10-11-19-9-3-7-16-19/h3,7,9,13-14H,2,4-6,8,10-12H2,1H3. The molecule has 1 amide bonds. The summed E-state index contributed by atoms with van der Waals surface area (Å²) < 4.78 is 1.97. The molecule has 0 aromatic carbocycles. The first-order chi connectivity index (χ1) is 9.74. The van der Waals surface area contributed by atoms with Gasteiger partial charge in [-0.05, 0) is 38.3 Å². The molecule has 110 valence electrons. The molecule has 5 nitrogen and oxygen atoms in total. The fourth-order valence-electron chi connectivity index (χ4n) is 3.03. The molecule has 1 aromatic rings. The van der Waals surface area contributed by atoms with Gasteiger partial charge in [-0.1, -0.05) is 0 Å². The SMILES string of the molecule is CN(C(=O)C1CC1)C1CCCN(CCn2cccn2)C1. The number of hydrogen-bond donors (Lipinski definition) is 0. The zero-order valence-corrected chi connectivity index (χ0v) is 12.2. The third-order valence-electron chi connectivity index (χ3n) is 4.51. The van der Waals surface area contributed by atoms with E-state index in [-0.39, 0.29) is 0 Å². The molecule has 1 saturated heterocycles. The van der Waals surface area contributed by atoms with Crippen LogP contribution in [0.15, 0.2) is 18.5 Å². The van der Waals surface area contributed by atoms with Gasteiger partial charge in [0.25, 0.3) is 0 Å². The smallest absolute Gasteiger partial charge is 0.225 e. The van der Waals surface area contributed by atoms with E-state index in [2.05, 4.69) is 10.00 Å². The van der Waals surface area contributed by atoms with E-state index in [0.717, 1.165) is 45.4 Å². The zero-order valence-electron chi connectivity index (χ0n) is 12.2. The summed E-state index contributed by atoms with van der Waals surface area (Å²) >= 11 is 0. The van der Waals surface area contributed by atoms with Gasteiger partial charge in [-0.15, -0.1) is 0 Å². The van der Waals surface area contributed by atoms with Crippen molar-refractivity contribution in [3.8, 4) is 0 Å². The van der Waals surface area contributed by atoms with Crippen molar-refractivity contribution < 1.29 is 4.79 Å². The topological polar surface area (TPSA) is 41.4 Å². The van der Waals surface area contributed by atoms with E-state index in [1.165, 1.54) is 6.42 Å². The molecule has 5 heteroatoms. The molecule has 1 aliphatic heterocycles. The molecule has 20 heavy (non-hydrogen) atoms. The fourth-order valence-corrected chi connectivity index (χ4v) is 3.03. The van der Waals surface area contributed by atoms with Crippen LogP contribution in [0.4, 0.5) is 0 Å². The van der Waals surface area contributed by atoms with Gasteiger partial charge in [-0.3, -0.25) is 14.4 Å². The van der Waals surface area contributed by atoms with Gasteiger partial charge < -0.3 is 4.90 Å². The Morgan fingerprint density at radius 3 is 2.90 bits per heavy atom. The molecule has 2 heterocycles. The quantitative estimate of drug-likeness (QED) is 0.812. The Hall–Kier alpha value is -1.36. The summed E-state index contributed by atoms with van der Waals surface area (Å²) in [4.78, 5) is 16.6. The first-order valence-corrected chi connectivity index (χ1v) is 7.70. The van der Waals surface area contributed by atoms with Crippen molar-refractivity contribution in [1.29, 1.82) is 0 Å². The van der Waals surface area contributed by atoms with Crippen LogP contribution in [0.3, 0.4) is 0 Å². The van der Waals surface area contributed by atoms with Gasteiger partial charge in [0.1, 0.15) is 0 Å². The van der Waals surface area contributed by atoms with Crippen molar-refractivity contribution in [1.82, 2.24) is 19.6 Å². The summed E-state index contributed by atoms with van der Waals surface area (Å²) in [5.41, 5.74) is 0. The number of likely N-dealkylation sites (N-methyl/N-ethyl adjacent to an activating group) is 1. The van der Waals surface area contributed by atoms with Gasteiger partial charge in [-0.2, -0.15) is 5.10 Å². The van der Waals surface area contributed by atoms with Crippen molar-refractivity contribution in [2.24, 2.45) is 5.92 Å². The predicted molar refractivity (Wildman–Crippen MR) is 77.2 cm³/mol. The number of piperidine rings is 1. The van der Waals surface area contributed by atoms with Crippen LogP contribution in [-0.4, -0.2) is 58.2 Å². The van der Waals surface area contributed by atoms with E-state index in [1.54, 1.807) is 0 Å². The van der Waals surface area contributed by atoms with E-state index < -0.39 is 0 Å². The van der Waals surface area contributed by atoms with Gasteiger partial charge in [0.05, 0.1) is 6.54 Å². The molecule has 1 aliphatic carbocycles. The van der Waals surface area contributed by atoms with E-state index in [0.29, 0.717) is 17.9 Å². The molecule has 2 aliphatic rings. The third-order valence-corrected chi connectivity index (χ3v) is 4.51. The van der Waals surface area contributed by atoms with E-state index >= 15 is 0 Å². The van der Waals surface area contributed by atoms with Crippen molar-refractivity contribution in [2.45, 2.75) is 38.3 Å². The highest BCUT2D eigenvalue weighted by molar-refractivity contribution is 5.81. The van der Waals surface area contributed by atoms with Crippen LogP contribution in [0, 0.1) is 5.92 Å². The van der Waals surface area contributed by atoms with Crippen LogP contribution in [0.5, 0.6) is 0 Å². The second-order valence-electron chi connectivity index (χ2n) is 6.09. The van der Waals surface area contributed by atoms with Crippen LogP contribution in [-0.2, 0) is 11.3 Å². The van der Waals surface area contributed by atoms with Crippen molar-refractivity contribution in [2.75, 3.05) is 26.7 Å². The minimum Gasteiger partial charge on any atom is -0.341 e. The Bertz CT molecular complexity index is 441. The van der Waals surface area contributed by atoms with Crippen LogP contribution in [0.25, 0.3) is 0 Å². The molecule has 1 aromatic heterocycles. The number of nitrogens with zero attached hydrogens (tertiary/aromatic N) is 4. The summed E-state index contributed by atoms with van der Waals surface area (Å²) in [5.74, 6) is 0.698. The molecule has 3 rings (SSSR count). The minimum atomic E-state index is 0.333. The lowest BCUT2D eigenvalue weighted by Crippen LogP contribution is -2.49. The van der Waals surface area contributed by atoms with E-state index in [1.807, 2.05) is 35.1 Å². The number of aromatic nitrogens is 2. The number of hydrogen-bond acceptors (Lipinski definition) is 3. The molecule has 0 spiro atoms. The predicted octanol–water partition coefficient (Wildman–Crippen LogP) is 1.22. The molecule has 0 N–H and O–H groups in total. The Kier molecular flexibility index (Phi) is 4.05. The average molecular weight is 276 g/mol. The number of rotatable bonds is 5. The number of amides is 1. The lowest BCUT2D eigenvalue weighted by atomic mass is 10.0. The normalized spacial score (nSPS) is 23.8. The maximum atomic E-state index is 12.1. The van der Waals surface area contributed by atoms with Gasteiger partial charge in [-0.25, -0.2) is 0 Å². The van der Waals surface area contributed by atoms with Gasteiger partial charge in [0, 0.05) is 44.5 Å². The van der Waals surface area contributed by atoms with Crippen molar-refractivity contribution in [3.63, 3.8) is 0 Å². The summed E-state index contributed by atoms with van der Waals surface area (Å²) in [7, 11) is 1.99. The molecule has 2 fully saturated rings. The van der Waals surface area contributed by atoms with Crippen LogP contribution in [0.2, 0.25) is 0 Å². The zero-order chi connectivity index (χ0) is 13.9. The first kappa shape index (κ1) is 13.6. The van der Waals surface area contributed by atoms with Crippen LogP contribution < -0.4 is 0 Å². The summed E-state index contributed by atoms with van der Waals surface area (Å²) in [6, 6.07) is 2.36. The van der Waals surface area contributed by atoms with E-state index in [4.69, 9.17) is 0 Å². The summed E-state index contributed by atoms with van der Waals surface area (Å²) in [6.07, 6.45) is 8.35. The number of carbonyl (C=O) groups is 1. The molecule has 1 atom stereocenters. The Balaban J connectivity index is 1.49. The van der Waals surface area contributed by atoms with E-state index in [9.17, 15) is 4.79 Å². The maximum Gasteiger partial charge on any atom is 0.225 e. The molecular formula is C15H24N4O. The Morgan fingerprint density at radius 2 is 2.20 bits per heavy atom. The molecule has 1 unspecified atom stereocenters. The van der Waals surface area contributed by atoms with Crippen molar-refractivity contribution >= 4 is 5.91 Å². The second kappa shape index (κ2) is 5.95. The molecular weight excluding hydrogens is 252 g/mol. The maximum absolute atomic E-state index is 12.1. The van der Waals surface area contributed by atoms with Gasteiger partial charge >= 0.3 is 0 Å². The largest absolute Gasteiger partial charge is 0.341 e. The highest BCUT2D eigenvalue weighted by Crippen LogP contribution is 2.32. The summed E-state index contributed by atoms with van der Waals surface area (Å²) in [6.45, 7) is 4.10. The summed E-state index contributed by atoms with van der Waals surface area (Å²) in [5, 5.41) is 4.24. The number of carbonyl (C=O) groups excluding carboxylic acids is 1.